The van der Waals surface area contributed by atoms with Crippen LogP contribution < -0.4 is 0 Å². The van der Waals surface area contributed by atoms with Gasteiger partial charge in [-0.15, -0.1) is 0 Å². The van der Waals surface area contributed by atoms with Crippen LogP contribution in [0.4, 0.5) is 0 Å². The smallest absolute Gasteiger partial charge is 0.306 e. The molecule has 0 amide bonds. The molecule has 0 fully saturated rings. The van der Waals surface area contributed by atoms with Gasteiger partial charge >= 0.3 is 11.9 Å². The van der Waals surface area contributed by atoms with Crippen LogP contribution in [0, 0.1) is 0 Å². The van der Waals surface area contributed by atoms with E-state index in [9.17, 15) is 9.59 Å². The first kappa shape index (κ1) is 55.1. The number of unbranched alkanes of at least 4 members (excludes halogenated alkanes) is 18. The van der Waals surface area contributed by atoms with E-state index in [0.717, 1.165) is 83.5 Å². The summed E-state index contributed by atoms with van der Waals surface area (Å²) in [6.07, 6.45) is 63.0. The second kappa shape index (κ2) is 48.4. The maximum Gasteiger partial charge on any atom is 0.306 e. The Morgan fingerprint density at radius 2 is 0.810 bits per heavy atom. The first-order valence-corrected chi connectivity index (χ1v) is 24.1. The van der Waals surface area contributed by atoms with E-state index in [1.165, 1.54) is 96.3 Å². The molecular weight excluding hydrogens is 717 g/mol. The molecule has 0 bridgehead atoms. The number of esters is 2. The molecule has 1 unspecified atom stereocenters. The second-order valence-electron chi connectivity index (χ2n) is 15.6. The fourth-order valence-corrected chi connectivity index (χ4v) is 6.28. The standard InChI is InChI=1S/C53H90O5/c1-4-7-10-13-16-19-22-25-26-27-28-30-31-34-37-40-43-46-52(54)57-50-51(49-56-48-45-42-39-36-33-24-21-18-15-12-9-6-3)58-53(55)47-44-41-38-35-32-29-23-20-17-14-11-8-5-2/h7,10,15-16,18-20,23,25-26,28,30,34,37,51H,4-6,8-9,11-14,17,21-22,24,27,29,31-33,35-36,38-50H2,1-3H3/b10-7-,18-15-,19-16-,23-20-,26-25-,30-28-,37-34-. The number of carbonyl (C=O) groups is 2. The quantitative estimate of drug-likeness (QED) is 0.0349. The predicted octanol–water partition coefficient (Wildman–Crippen LogP) is 16.1. The van der Waals surface area contributed by atoms with Crippen molar-refractivity contribution in [2.24, 2.45) is 0 Å². The van der Waals surface area contributed by atoms with Crippen molar-refractivity contribution >= 4 is 11.9 Å². The molecule has 0 N–H and O–H groups in total. The molecule has 0 aliphatic rings. The highest BCUT2D eigenvalue weighted by Crippen LogP contribution is 2.12. The van der Waals surface area contributed by atoms with E-state index >= 15 is 0 Å². The highest BCUT2D eigenvalue weighted by molar-refractivity contribution is 5.70. The Morgan fingerprint density at radius 3 is 1.36 bits per heavy atom. The molecule has 5 heteroatoms. The normalized spacial score (nSPS) is 12.9. The largest absolute Gasteiger partial charge is 0.462 e. The van der Waals surface area contributed by atoms with Crippen LogP contribution in [0.3, 0.4) is 0 Å². The lowest BCUT2D eigenvalue weighted by molar-refractivity contribution is -0.163. The van der Waals surface area contributed by atoms with Gasteiger partial charge in [0.15, 0.2) is 6.10 Å². The zero-order valence-electron chi connectivity index (χ0n) is 38.0. The summed E-state index contributed by atoms with van der Waals surface area (Å²) in [6.45, 7) is 7.58. The van der Waals surface area contributed by atoms with Gasteiger partial charge in [0.1, 0.15) is 6.61 Å². The highest BCUT2D eigenvalue weighted by Gasteiger charge is 2.17. The number of hydrogen-bond acceptors (Lipinski definition) is 5. The van der Waals surface area contributed by atoms with Gasteiger partial charge in [-0.3, -0.25) is 9.59 Å². The molecule has 0 heterocycles. The van der Waals surface area contributed by atoms with Crippen LogP contribution >= 0.6 is 0 Å². The third-order valence-electron chi connectivity index (χ3n) is 9.88. The number of rotatable bonds is 43. The van der Waals surface area contributed by atoms with E-state index in [1.807, 2.05) is 0 Å². The lowest BCUT2D eigenvalue weighted by Gasteiger charge is -2.18. The molecule has 0 radical (unpaired) electrons. The van der Waals surface area contributed by atoms with Crippen LogP contribution in [0.5, 0.6) is 0 Å². The molecular formula is C53H90O5. The third-order valence-corrected chi connectivity index (χ3v) is 9.88. The summed E-state index contributed by atoms with van der Waals surface area (Å²) in [4.78, 5) is 25.3. The summed E-state index contributed by atoms with van der Waals surface area (Å²) < 4.78 is 17.3. The van der Waals surface area contributed by atoms with Gasteiger partial charge in [0.2, 0.25) is 0 Å². The van der Waals surface area contributed by atoms with Crippen molar-refractivity contribution in [1.29, 1.82) is 0 Å². The summed E-state index contributed by atoms with van der Waals surface area (Å²) in [7, 11) is 0. The van der Waals surface area contributed by atoms with Gasteiger partial charge in [-0.05, 0) is 103 Å². The Morgan fingerprint density at radius 1 is 0.397 bits per heavy atom. The average molecular weight is 807 g/mol. The van der Waals surface area contributed by atoms with E-state index in [0.29, 0.717) is 19.4 Å². The summed E-state index contributed by atoms with van der Waals surface area (Å²) in [6, 6.07) is 0. The maximum atomic E-state index is 12.7. The minimum Gasteiger partial charge on any atom is -0.462 e. The molecule has 332 valence electrons. The molecule has 0 aliphatic carbocycles. The van der Waals surface area contributed by atoms with Crippen LogP contribution in [0.25, 0.3) is 0 Å². The fraction of sp³-hybridized carbons (Fsp3) is 0.698. The first-order chi connectivity index (χ1) is 28.6. The molecule has 0 aliphatic heterocycles. The predicted molar refractivity (Wildman–Crippen MR) is 251 cm³/mol. The van der Waals surface area contributed by atoms with Crippen molar-refractivity contribution in [3.05, 3.63) is 85.1 Å². The van der Waals surface area contributed by atoms with Crippen LogP contribution in [0.15, 0.2) is 85.1 Å². The lowest BCUT2D eigenvalue weighted by Crippen LogP contribution is -2.30. The first-order valence-electron chi connectivity index (χ1n) is 24.1. The second-order valence-corrected chi connectivity index (χ2v) is 15.6. The zero-order valence-corrected chi connectivity index (χ0v) is 38.0. The zero-order chi connectivity index (χ0) is 42.1. The van der Waals surface area contributed by atoms with Crippen LogP contribution in [-0.4, -0.2) is 37.9 Å². The Kier molecular flexibility index (Phi) is 46.0. The van der Waals surface area contributed by atoms with Crippen LogP contribution in [-0.2, 0) is 23.8 Å². The average Bonchev–Trinajstić information content (AvgIpc) is 3.22. The monoisotopic (exact) mass is 807 g/mol. The molecule has 58 heavy (non-hydrogen) atoms. The van der Waals surface area contributed by atoms with Gasteiger partial charge < -0.3 is 14.2 Å². The number of ether oxygens (including phenoxy) is 3. The molecule has 0 saturated carbocycles. The van der Waals surface area contributed by atoms with Crippen molar-refractivity contribution in [3.63, 3.8) is 0 Å². The van der Waals surface area contributed by atoms with E-state index < -0.39 is 6.10 Å². The fourth-order valence-electron chi connectivity index (χ4n) is 6.28. The van der Waals surface area contributed by atoms with Crippen LogP contribution in [0.2, 0.25) is 0 Å². The van der Waals surface area contributed by atoms with Gasteiger partial charge in [-0.25, -0.2) is 0 Å². The summed E-state index contributed by atoms with van der Waals surface area (Å²) in [5, 5.41) is 0. The topological polar surface area (TPSA) is 61.8 Å². The minimum atomic E-state index is -0.568. The van der Waals surface area contributed by atoms with E-state index in [4.69, 9.17) is 14.2 Å². The van der Waals surface area contributed by atoms with Crippen LogP contribution in [0.1, 0.15) is 213 Å². The summed E-state index contributed by atoms with van der Waals surface area (Å²) in [5.74, 6) is -0.481. The van der Waals surface area contributed by atoms with Gasteiger partial charge in [-0.2, -0.15) is 0 Å². The Bertz CT molecular complexity index is 1090. The van der Waals surface area contributed by atoms with E-state index in [-0.39, 0.29) is 25.2 Å². The molecule has 0 aromatic heterocycles. The molecule has 1 atom stereocenters. The van der Waals surface area contributed by atoms with E-state index in [2.05, 4.69) is 106 Å². The van der Waals surface area contributed by atoms with Crippen molar-refractivity contribution < 1.29 is 23.8 Å². The third kappa shape index (κ3) is 45.8. The van der Waals surface area contributed by atoms with Gasteiger partial charge in [-0.1, -0.05) is 183 Å². The maximum absolute atomic E-state index is 12.7. The Balaban J connectivity index is 4.38. The van der Waals surface area contributed by atoms with Crippen molar-refractivity contribution in [2.75, 3.05) is 19.8 Å². The molecule has 0 spiro atoms. The number of carbonyl (C=O) groups excluding carboxylic acids is 2. The van der Waals surface area contributed by atoms with E-state index in [1.54, 1.807) is 0 Å². The minimum absolute atomic E-state index is 0.0469. The molecule has 0 aromatic carbocycles. The van der Waals surface area contributed by atoms with Gasteiger partial charge in [0.25, 0.3) is 0 Å². The summed E-state index contributed by atoms with van der Waals surface area (Å²) >= 11 is 0. The Hall–Kier alpha value is -2.92. The molecule has 0 aromatic rings. The summed E-state index contributed by atoms with van der Waals surface area (Å²) in [5.41, 5.74) is 0. The lowest BCUT2D eigenvalue weighted by atomic mass is 10.1. The molecule has 5 nitrogen and oxygen atoms in total. The molecule has 0 rings (SSSR count). The Labute approximate surface area is 359 Å². The molecule has 0 saturated heterocycles. The van der Waals surface area contributed by atoms with Gasteiger partial charge in [0.05, 0.1) is 6.61 Å². The van der Waals surface area contributed by atoms with Gasteiger partial charge in [0, 0.05) is 19.4 Å². The number of allylic oxidation sites excluding steroid dienone is 14. The van der Waals surface area contributed by atoms with Crippen molar-refractivity contribution in [2.45, 2.75) is 219 Å². The van der Waals surface area contributed by atoms with Crippen molar-refractivity contribution in [3.8, 4) is 0 Å². The number of hydrogen-bond donors (Lipinski definition) is 0. The van der Waals surface area contributed by atoms with Crippen molar-refractivity contribution in [1.82, 2.24) is 0 Å². The highest BCUT2D eigenvalue weighted by atomic mass is 16.6. The SMILES string of the molecule is CC/C=C\C/C=C\C/C=C\C/C=C\C/C=C\CCCC(=O)OCC(COCCCCCCCC/C=C\CCCC)OC(=O)CCCCCCC/C=C\CCCCCC.